The van der Waals surface area contributed by atoms with Gasteiger partial charge >= 0.3 is 0 Å². The Morgan fingerprint density at radius 1 is 1.24 bits per heavy atom. The number of rotatable bonds is 4. The van der Waals surface area contributed by atoms with E-state index in [2.05, 4.69) is 10.2 Å². The predicted octanol–water partition coefficient (Wildman–Crippen LogP) is 2.41. The molecule has 1 amide bonds. The van der Waals surface area contributed by atoms with Crippen molar-refractivity contribution in [3.05, 3.63) is 33.9 Å². The van der Waals surface area contributed by atoms with Crippen LogP contribution >= 0.6 is 0 Å². The van der Waals surface area contributed by atoms with Crippen LogP contribution in [0, 0.1) is 23.0 Å². The molecule has 0 aliphatic carbocycles. The molecule has 0 radical (unpaired) electrons. The van der Waals surface area contributed by atoms with Gasteiger partial charge in [-0.15, -0.1) is 0 Å². The lowest BCUT2D eigenvalue weighted by Crippen LogP contribution is -2.47. The zero-order valence-corrected chi connectivity index (χ0v) is 14.6. The van der Waals surface area contributed by atoms with E-state index < -0.39 is 0 Å². The lowest BCUT2D eigenvalue weighted by Gasteiger charge is -2.34. The number of piperidine rings is 1. The van der Waals surface area contributed by atoms with Crippen LogP contribution in [-0.4, -0.2) is 43.2 Å². The van der Waals surface area contributed by atoms with Crippen molar-refractivity contribution in [2.45, 2.75) is 38.6 Å². The van der Waals surface area contributed by atoms with Crippen LogP contribution in [-0.2, 0) is 9.53 Å². The third-order valence-corrected chi connectivity index (χ3v) is 5.10. The lowest BCUT2D eigenvalue weighted by atomic mass is 9.97. The fraction of sp³-hybridized carbons (Fsp3) is 0.611. The summed E-state index contributed by atoms with van der Waals surface area (Å²) in [6.45, 7) is 4.60. The van der Waals surface area contributed by atoms with Gasteiger partial charge in [0, 0.05) is 44.3 Å². The fourth-order valence-electron chi connectivity index (χ4n) is 3.59. The number of ether oxygens (including phenoxy) is 1. The monoisotopic (exact) mass is 347 g/mol. The van der Waals surface area contributed by atoms with Gasteiger partial charge in [0.1, 0.15) is 5.69 Å². The number of nitrogens with zero attached hydrogens (tertiary/aromatic N) is 2. The predicted molar refractivity (Wildman–Crippen MR) is 94.8 cm³/mol. The van der Waals surface area contributed by atoms with Crippen LogP contribution in [0.4, 0.5) is 11.4 Å². The number of hydrogen-bond donors (Lipinski definition) is 1. The average Bonchev–Trinajstić information content (AvgIpc) is 2.63. The van der Waals surface area contributed by atoms with Crippen molar-refractivity contribution in [1.82, 2.24) is 5.32 Å². The van der Waals surface area contributed by atoms with E-state index in [9.17, 15) is 14.9 Å². The molecule has 2 saturated heterocycles. The van der Waals surface area contributed by atoms with Crippen molar-refractivity contribution < 1.29 is 14.5 Å². The zero-order chi connectivity index (χ0) is 17.8. The van der Waals surface area contributed by atoms with E-state index in [0.717, 1.165) is 31.2 Å². The molecule has 136 valence electrons. The van der Waals surface area contributed by atoms with Gasteiger partial charge in [0.2, 0.25) is 5.91 Å². The molecular weight excluding hydrogens is 322 g/mol. The summed E-state index contributed by atoms with van der Waals surface area (Å²) < 4.78 is 5.30. The number of anilines is 1. The summed E-state index contributed by atoms with van der Waals surface area (Å²) in [5, 5.41) is 14.5. The molecule has 25 heavy (non-hydrogen) atoms. The molecular formula is C18H25N3O4. The molecule has 2 heterocycles. The highest BCUT2D eigenvalue weighted by Gasteiger charge is 2.28. The molecule has 2 aliphatic rings. The molecule has 0 aromatic heterocycles. The van der Waals surface area contributed by atoms with Gasteiger partial charge in [-0.25, -0.2) is 0 Å². The molecule has 7 nitrogen and oxygen atoms in total. The lowest BCUT2D eigenvalue weighted by molar-refractivity contribution is -0.384. The summed E-state index contributed by atoms with van der Waals surface area (Å²) in [6.07, 6.45) is 3.19. The minimum absolute atomic E-state index is 0.0602. The van der Waals surface area contributed by atoms with E-state index in [4.69, 9.17) is 4.74 Å². The average molecular weight is 347 g/mol. The van der Waals surface area contributed by atoms with E-state index in [1.807, 2.05) is 19.1 Å². The first-order valence-corrected chi connectivity index (χ1v) is 8.92. The number of carbonyl (C=O) groups is 1. The number of nitro groups is 1. The molecule has 0 atom stereocenters. The topological polar surface area (TPSA) is 84.7 Å². The Kier molecular flexibility index (Phi) is 5.53. The van der Waals surface area contributed by atoms with Gasteiger partial charge in [-0.2, -0.15) is 0 Å². The fourth-order valence-corrected chi connectivity index (χ4v) is 3.59. The number of hydrogen-bond acceptors (Lipinski definition) is 5. The number of nitrogens with one attached hydrogen (secondary N) is 1. The van der Waals surface area contributed by atoms with Crippen LogP contribution < -0.4 is 10.2 Å². The van der Waals surface area contributed by atoms with Crippen molar-refractivity contribution in [3.63, 3.8) is 0 Å². The summed E-state index contributed by atoms with van der Waals surface area (Å²) in [7, 11) is 0. The molecule has 0 saturated carbocycles. The summed E-state index contributed by atoms with van der Waals surface area (Å²) >= 11 is 0. The second-order valence-corrected chi connectivity index (χ2v) is 6.91. The van der Waals surface area contributed by atoms with Gasteiger partial charge < -0.3 is 15.0 Å². The summed E-state index contributed by atoms with van der Waals surface area (Å²) in [4.78, 5) is 25.4. The van der Waals surface area contributed by atoms with E-state index in [0.29, 0.717) is 32.0 Å². The van der Waals surface area contributed by atoms with Crippen LogP contribution in [0.25, 0.3) is 0 Å². The third-order valence-electron chi connectivity index (χ3n) is 5.10. The number of aryl methyl sites for hydroxylation is 1. The Morgan fingerprint density at radius 2 is 1.92 bits per heavy atom. The van der Waals surface area contributed by atoms with Crippen molar-refractivity contribution in [3.8, 4) is 0 Å². The van der Waals surface area contributed by atoms with Crippen LogP contribution in [0.3, 0.4) is 0 Å². The number of carbonyl (C=O) groups excluding carboxylic acids is 1. The second-order valence-electron chi connectivity index (χ2n) is 6.91. The van der Waals surface area contributed by atoms with Crippen LogP contribution in [0.2, 0.25) is 0 Å². The zero-order valence-electron chi connectivity index (χ0n) is 14.6. The minimum Gasteiger partial charge on any atom is -0.381 e. The maximum Gasteiger partial charge on any atom is 0.292 e. The summed E-state index contributed by atoms with van der Waals surface area (Å²) in [5.74, 6) is 0.188. The second kappa shape index (κ2) is 7.82. The maximum absolute atomic E-state index is 12.3. The van der Waals surface area contributed by atoms with Crippen molar-refractivity contribution >= 4 is 17.3 Å². The Morgan fingerprint density at radius 3 is 2.56 bits per heavy atom. The largest absolute Gasteiger partial charge is 0.381 e. The summed E-state index contributed by atoms with van der Waals surface area (Å²) in [5.41, 5.74) is 1.71. The highest BCUT2D eigenvalue weighted by Crippen LogP contribution is 2.31. The molecule has 1 aromatic carbocycles. The Hall–Kier alpha value is -2.15. The molecule has 1 aromatic rings. The van der Waals surface area contributed by atoms with Gasteiger partial charge in [0.05, 0.1) is 4.92 Å². The summed E-state index contributed by atoms with van der Waals surface area (Å²) in [6, 6.07) is 5.50. The highest BCUT2D eigenvalue weighted by molar-refractivity contribution is 5.79. The first-order valence-electron chi connectivity index (χ1n) is 8.92. The van der Waals surface area contributed by atoms with E-state index in [1.54, 1.807) is 6.07 Å². The van der Waals surface area contributed by atoms with Gasteiger partial charge in [0.15, 0.2) is 0 Å². The van der Waals surface area contributed by atoms with Gasteiger partial charge in [-0.1, -0.05) is 6.07 Å². The van der Waals surface area contributed by atoms with Gasteiger partial charge in [0.25, 0.3) is 5.69 Å². The van der Waals surface area contributed by atoms with Crippen LogP contribution in [0.15, 0.2) is 18.2 Å². The molecule has 0 bridgehead atoms. The number of amides is 1. The van der Waals surface area contributed by atoms with E-state index in [-0.39, 0.29) is 28.5 Å². The van der Waals surface area contributed by atoms with E-state index >= 15 is 0 Å². The maximum atomic E-state index is 12.3. The van der Waals surface area contributed by atoms with E-state index in [1.165, 1.54) is 0 Å². The highest BCUT2D eigenvalue weighted by atomic mass is 16.6. The first kappa shape index (κ1) is 17.7. The molecule has 2 fully saturated rings. The molecule has 3 rings (SSSR count). The molecule has 2 aliphatic heterocycles. The third kappa shape index (κ3) is 4.28. The first-order chi connectivity index (χ1) is 12.0. The molecule has 1 N–H and O–H groups in total. The standard InChI is InChI=1S/C18H25N3O4/c1-13-2-3-16(17(12-13)21(23)24)20-8-4-15(5-9-20)19-18(22)14-6-10-25-11-7-14/h2-3,12,14-15H,4-11H2,1H3,(H,19,22). The normalized spacial score (nSPS) is 19.6. The van der Waals surface area contributed by atoms with Gasteiger partial charge in [-0.3, -0.25) is 14.9 Å². The van der Waals surface area contributed by atoms with Crippen LogP contribution in [0.5, 0.6) is 0 Å². The van der Waals surface area contributed by atoms with Crippen molar-refractivity contribution in [1.29, 1.82) is 0 Å². The number of benzene rings is 1. The minimum atomic E-state index is -0.318. The van der Waals surface area contributed by atoms with Gasteiger partial charge in [-0.05, 0) is 44.2 Å². The van der Waals surface area contributed by atoms with Crippen molar-refractivity contribution in [2.24, 2.45) is 5.92 Å². The quantitative estimate of drug-likeness (QED) is 0.668. The van der Waals surface area contributed by atoms with Crippen LogP contribution in [0.1, 0.15) is 31.2 Å². The molecule has 0 unspecified atom stereocenters. The Balaban J connectivity index is 1.57. The SMILES string of the molecule is Cc1ccc(N2CCC(NC(=O)C3CCOCC3)CC2)c([N+](=O)[O-])c1. The molecule has 7 heteroatoms. The smallest absolute Gasteiger partial charge is 0.292 e. The Bertz CT molecular complexity index is 635. The number of nitro benzene ring substituents is 1. The van der Waals surface area contributed by atoms with Crippen molar-refractivity contribution in [2.75, 3.05) is 31.2 Å². The molecule has 0 spiro atoms. The Labute approximate surface area is 147 Å².